The Morgan fingerprint density at radius 3 is 2.88 bits per heavy atom. The number of aromatic amines is 1. The molecule has 0 aliphatic carbocycles. The molecule has 0 fully saturated rings. The van der Waals surface area contributed by atoms with E-state index in [0.717, 1.165) is 17.7 Å². The van der Waals surface area contributed by atoms with Crippen molar-refractivity contribution in [3.63, 3.8) is 0 Å². The molecule has 1 amide bonds. The summed E-state index contributed by atoms with van der Waals surface area (Å²) in [6, 6.07) is 11.9. The van der Waals surface area contributed by atoms with Gasteiger partial charge in [-0.3, -0.25) is 14.9 Å². The predicted octanol–water partition coefficient (Wildman–Crippen LogP) is 3.79. The molecule has 2 N–H and O–H groups in total. The van der Waals surface area contributed by atoms with Gasteiger partial charge in [0.15, 0.2) is 0 Å². The van der Waals surface area contributed by atoms with Gasteiger partial charge in [0.25, 0.3) is 11.6 Å². The number of nitrogens with zero attached hydrogens (tertiary/aromatic N) is 1. The number of H-pyrrole nitrogens is 1. The monoisotopic (exact) mass is 353 g/mol. The first kappa shape index (κ1) is 17.5. The van der Waals surface area contributed by atoms with Crippen LogP contribution in [0.15, 0.2) is 48.7 Å². The molecule has 0 atom stereocenters. The first-order valence-corrected chi connectivity index (χ1v) is 8.34. The third-order valence-corrected chi connectivity index (χ3v) is 3.95. The van der Waals surface area contributed by atoms with Crippen LogP contribution in [-0.2, 0) is 6.54 Å². The Labute approximate surface area is 150 Å². The van der Waals surface area contributed by atoms with E-state index in [4.69, 9.17) is 4.74 Å². The Morgan fingerprint density at radius 2 is 2.12 bits per heavy atom. The summed E-state index contributed by atoms with van der Waals surface area (Å²) >= 11 is 0. The van der Waals surface area contributed by atoms with Gasteiger partial charge >= 0.3 is 0 Å². The van der Waals surface area contributed by atoms with Crippen molar-refractivity contribution in [2.24, 2.45) is 0 Å². The van der Waals surface area contributed by atoms with E-state index < -0.39 is 4.92 Å². The Kier molecular flexibility index (Phi) is 5.17. The number of carbonyl (C=O) groups is 1. The summed E-state index contributed by atoms with van der Waals surface area (Å²) in [7, 11) is 0. The van der Waals surface area contributed by atoms with Crippen molar-refractivity contribution >= 4 is 22.5 Å². The normalized spacial score (nSPS) is 10.7. The maximum Gasteiger partial charge on any atom is 0.270 e. The van der Waals surface area contributed by atoms with Crippen LogP contribution in [0.5, 0.6) is 5.75 Å². The zero-order chi connectivity index (χ0) is 18.5. The van der Waals surface area contributed by atoms with Crippen molar-refractivity contribution in [2.45, 2.75) is 19.9 Å². The Morgan fingerprint density at radius 1 is 1.27 bits per heavy atom. The smallest absolute Gasteiger partial charge is 0.270 e. The van der Waals surface area contributed by atoms with Crippen molar-refractivity contribution in [1.29, 1.82) is 0 Å². The lowest BCUT2D eigenvalue weighted by atomic mass is 10.1. The number of nitro benzene ring substituents is 1. The first-order chi connectivity index (χ1) is 12.6. The molecule has 3 aromatic rings. The van der Waals surface area contributed by atoms with Crippen LogP contribution in [-0.4, -0.2) is 22.4 Å². The molecule has 3 rings (SSSR count). The largest absolute Gasteiger partial charge is 0.494 e. The minimum atomic E-state index is -0.476. The second kappa shape index (κ2) is 7.69. The quantitative estimate of drug-likeness (QED) is 0.499. The van der Waals surface area contributed by atoms with Gasteiger partial charge in [-0.05, 0) is 30.2 Å². The van der Waals surface area contributed by atoms with Crippen molar-refractivity contribution < 1.29 is 14.5 Å². The van der Waals surface area contributed by atoms with Crippen LogP contribution in [0.25, 0.3) is 10.9 Å². The standard InChI is InChI=1S/C19H19N3O4/c1-2-8-26-15-5-3-4-13(9-15)11-21-19(23)17-12-20-18-7-6-14(22(24)25)10-16(17)18/h3-7,9-10,12,20H,2,8,11H2,1H3,(H,21,23). The van der Waals surface area contributed by atoms with Gasteiger partial charge < -0.3 is 15.0 Å². The van der Waals surface area contributed by atoms with Gasteiger partial charge in [0.2, 0.25) is 0 Å². The fraction of sp³-hybridized carbons (Fsp3) is 0.211. The summed E-state index contributed by atoms with van der Waals surface area (Å²) < 4.78 is 5.59. The lowest BCUT2D eigenvalue weighted by Crippen LogP contribution is -2.22. The van der Waals surface area contributed by atoms with Gasteiger partial charge in [-0.15, -0.1) is 0 Å². The molecule has 0 spiro atoms. The summed E-state index contributed by atoms with van der Waals surface area (Å²) in [6.45, 7) is 3.02. The van der Waals surface area contributed by atoms with Gasteiger partial charge in [0, 0.05) is 35.8 Å². The van der Waals surface area contributed by atoms with Crippen molar-refractivity contribution in [1.82, 2.24) is 10.3 Å². The summed E-state index contributed by atoms with van der Waals surface area (Å²) in [5.41, 5.74) is 1.92. The Hall–Kier alpha value is -3.35. The van der Waals surface area contributed by atoms with Crippen LogP contribution in [0.4, 0.5) is 5.69 Å². The van der Waals surface area contributed by atoms with Crippen molar-refractivity contribution in [3.05, 3.63) is 69.9 Å². The minimum Gasteiger partial charge on any atom is -0.494 e. The maximum absolute atomic E-state index is 12.5. The Bertz CT molecular complexity index is 949. The van der Waals surface area contributed by atoms with Crippen LogP contribution in [0.1, 0.15) is 29.3 Å². The van der Waals surface area contributed by atoms with Gasteiger partial charge in [-0.1, -0.05) is 19.1 Å². The van der Waals surface area contributed by atoms with Gasteiger partial charge in [0.05, 0.1) is 17.1 Å². The topological polar surface area (TPSA) is 97.3 Å². The molecule has 0 saturated carbocycles. The van der Waals surface area contributed by atoms with E-state index in [2.05, 4.69) is 10.3 Å². The number of ether oxygens (including phenoxy) is 1. The first-order valence-electron chi connectivity index (χ1n) is 8.34. The zero-order valence-electron chi connectivity index (χ0n) is 14.3. The molecule has 0 aliphatic heterocycles. The second-order valence-electron chi connectivity index (χ2n) is 5.87. The van der Waals surface area contributed by atoms with Gasteiger partial charge in [-0.2, -0.15) is 0 Å². The molecule has 7 heteroatoms. The highest BCUT2D eigenvalue weighted by Crippen LogP contribution is 2.23. The van der Waals surface area contributed by atoms with Crippen LogP contribution < -0.4 is 10.1 Å². The summed E-state index contributed by atoms with van der Waals surface area (Å²) in [6.07, 6.45) is 2.48. The van der Waals surface area contributed by atoms with E-state index in [1.54, 1.807) is 12.3 Å². The average molecular weight is 353 g/mol. The highest BCUT2D eigenvalue weighted by molar-refractivity contribution is 6.07. The number of hydrogen-bond donors (Lipinski definition) is 2. The van der Waals surface area contributed by atoms with E-state index in [1.807, 2.05) is 31.2 Å². The number of benzene rings is 2. The number of carbonyl (C=O) groups excluding carboxylic acids is 1. The number of amides is 1. The summed E-state index contributed by atoms with van der Waals surface area (Å²) in [5.74, 6) is 0.470. The van der Waals surface area contributed by atoms with E-state index in [-0.39, 0.29) is 11.6 Å². The molecule has 1 aromatic heterocycles. The molecule has 0 radical (unpaired) electrons. The second-order valence-corrected chi connectivity index (χ2v) is 5.87. The van der Waals surface area contributed by atoms with E-state index in [1.165, 1.54) is 12.1 Å². The minimum absolute atomic E-state index is 0.0491. The molecule has 2 aromatic carbocycles. The van der Waals surface area contributed by atoms with Gasteiger partial charge in [0.1, 0.15) is 5.75 Å². The molecular weight excluding hydrogens is 334 g/mol. The number of non-ortho nitro benzene ring substituents is 1. The van der Waals surface area contributed by atoms with Crippen LogP contribution in [0.3, 0.4) is 0 Å². The summed E-state index contributed by atoms with van der Waals surface area (Å²) in [4.78, 5) is 25.9. The highest BCUT2D eigenvalue weighted by Gasteiger charge is 2.15. The number of hydrogen-bond acceptors (Lipinski definition) is 4. The van der Waals surface area contributed by atoms with E-state index >= 15 is 0 Å². The number of fused-ring (bicyclic) bond motifs is 1. The molecule has 0 unspecified atom stereocenters. The van der Waals surface area contributed by atoms with Crippen molar-refractivity contribution in [2.75, 3.05) is 6.61 Å². The molecule has 7 nitrogen and oxygen atoms in total. The Balaban J connectivity index is 1.73. The highest BCUT2D eigenvalue weighted by atomic mass is 16.6. The third kappa shape index (κ3) is 3.83. The zero-order valence-corrected chi connectivity index (χ0v) is 14.3. The number of aromatic nitrogens is 1. The molecule has 26 heavy (non-hydrogen) atoms. The van der Waals surface area contributed by atoms with Crippen LogP contribution in [0, 0.1) is 10.1 Å². The van der Waals surface area contributed by atoms with E-state index in [0.29, 0.717) is 29.6 Å². The maximum atomic E-state index is 12.5. The molecule has 0 saturated heterocycles. The SMILES string of the molecule is CCCOc1cccc(CNC(=O)c2c[nH]c3ccc([N+](=O)[O-])cc23)c1. The number of nitrogens with one attached hydrogen (secondary N) is 2. The van der Waals surface area contributed by atoms with Crippen molar-refractivity contribution in [3.8, 4) is 5.75 Å². The number of nitro groups is 1. The fourth-order valence-electron chi connectivity index (χ4n) is 2.65. The molecule has 0 aliphatic rings. The molecular formula is C19H19N3O4. The third-order valence-electron chi connectivity index (χ3n) is 3.95. The predicted molar refractivity (Wildman–Crippen MR) is 98.4 cm³/mol. The molecule has 1 heterocycles. The lowest BCUT2D eigenvalue weighted by Gasteiger charge is -2.08. The van der Waals surface area contributed by atoms with Crippen LogP contribution in [0.2, 0.25) is 0 Å². The number of rotatable bonds is 7. The average Bonchev–Trinajstić information content (AvgIpc) is 3.08. The lowest BCUT2D eigenvalue weighted by molar-refractivity contribution is -0.384. The fourth-order valence-corrected chi connectivity index (χ4v) is 2.65. The molecule has 0 bridgehead atoms. The van der Waals surface area contributed by atoms with Crippen LogP contribution >= 0.6 is 0 Å². The van der Waals surface area contributed by atoms with E-state index in [9.17, 15) is 14.9 Å². The summed E-state index contributed by atoms with van der Waals surface area (Å²) in [5, 5.41) is 14.3. The van der Waals surface area contributed by atoms with Gasteiger partial charge in [-0.25, -0.2) is 0 Å². The molecule has 134 valence electrons.